The number of hydrogen-bond acceptors (Lipinski definition) is 6. The fourth-order valence-corrected chi connectivity index (χ4v) is 3.07. The summed E-state index contributed by atoms with van der Waals surface area (Å²) in [4.78, 5) is 61.4. The van der Waals surface area contributed by atoms with Crippen molar-refractivity contribution >= 4 is 35.3 Å². The lowest BCUT2D eigenvalue weighted by molar-refractivity contribution is -0.119. The number of primary amides is 1. The highest BCUT2D eigenvalue weighted by Gasteiger charge is 2.35. The topological polar surface area (TPSA) is 136 Å². The lowest BCUT2D eigenvalue weighted by Crippen LogP contribution is -2.30. The van der Waals surface area contributed by atoms with E-state index in [0.29, 0.717) is 24.2 Å². The number of nitrogens with zero attached hydrogens (tertiary/aromatic N) is 1. The molecule has 9 heteroatoms. The van der Waals surface area contributed by atoms with Crippen molar-refractivity contribution in [3.63, 3.8) is 0 Å². The molecule has 1 aliphatic heterocycles. The Kier molecular flexibility index (Phi) is 6.44. The Morgan fingerprint density at radius 3 is 2.26 bits per heavy atom. The van der Waals surface area contributed by atoms with Crippen LogP contribution in [0.4, 0.5) is 5.69 Å². The SMILES string of the molecule is CCCCN1C(=O)c2ccc(C(=O)OCC(=O)Nc3ccc(C(N)=O)cc3)cc2C1=O. The van der Waals surface area contributed by atoms with Crippen LogP contribution in [0.25, 0.3) is 0 Å². The van der Waals surface area contributed by atoms with E-state index in [1.54, 1.807) is 0 Å². The normalized spacial score (nSPS) is 12.5. The monoisotopic (exact) mass is 423 g/mol. The Labute approximate surface area is 178 Å². The second-order valence-corrected chi connectivity index (χ2v) is 6.94. The maximum absolute atomic E-state index is 12.5. The number of ether oxygens (including phenoxy) is 1. The van der Waals surface area contributed by atoms with E-state index in [4.69, 9.17) is 10.5 Å². The molecule has 3 N–H and O–H groups in total. The van der Waals surface area contributed by atoms with Gasteiger partial charge in [0.05, 0.1) is 16.7 Å². The van der Waals surface area contributed by atoms with Crippen molar-refractivity contribution in [2.45, 2.75) is 19.8 Å². The van der Waals surface area contributed by atoms with Gasteiger partial charge in [0.15, 0.2) is 6.61 Å². The molecule has 0 spiro atoms. The molecule has 0 radical (unpaired) electrons. The van der Waals surface area contributed by atoms with E-state index in [2.05, 4.69) is 5.32 Å². The minimum atomic E-state index is -0.797. The quantitative estimate of drug-likeness (QED) is 0.492. The van der Waals surface area contributed by atoms with Crippen LogP contribution in [0.5, 0.6) is 0 Å². The van der Waals surface area contributed by atoms with E-state index in [-0.39, 0.29) is 22.6 Å². The summed E-state index contributed by atoms with van der Waals surface area (Å²) in [5.41, 5.74) is 6.31. The molecule has 9 nitrogen and oxygen atoms in total. The highest BCUT2D eigenvalue weighted by molar-refractivity contribution is 6.22. The van der Waals surface area contributed by atoms with E-state index in [1.807, 2.05) is 6.92 Å². The fourth-order valence-electron chi connectivity index (χ4n) is 3.07. The van der Waals surface area contributed by atoms with Crippen molar-refractivity contribution in [3.05, 3.63) is 64.7 Å². The van der Waals surface area contributed by atoms with Gasteiger partial charge in [0.25, 0.3) is 17.7 Å². The number of carbonyl (C=O) groups excluding carboxylic acids is 5. The molecular weight excluding hydrogens is 402 g/mol. The lowest BCUT2D eigenvalue weighted by atomic mass is 10.1. The first kappa shape index (κ1) is 21.7. The summed E-state index contributed by atoms with van der Waals surface area (Å²) in [6.07, 6.45) is 1.53. The minimum Gasteiger partial charge on any atom is -0.452 e. The number of nitrogens with one attached hydrogen (secondary N) is 1. The number of nitrogens with two attached hydrogens (primary N) is 1. The second kappa shape index (κ2) is 9.21. The predicted molar refractivity (Wildman–Crippen MR) is 111 cm³/mol. The molecule has 160 valence electrons. The molecule has 0 aliphatic carbocycles. The van der Waals surface area contributed by atoms with Gasteiger partial charge in [-0.15, -0.1) is 0 Å². The first-order chi connectivity index (χ1) is 14.8. The molecular formula is C22H21N3O6. The van der Waals surface area contributed by atoms with Gasteiger partial charge >= 0.3 is 5.97 Å². The number of benzene rings is 2. The summed E-state index contributed by atoms with van der Waals surface area (Å²) in [5.74, 6) is -2.79. The Bertz CT molecular complexity index is 1060. The van der Waals surface area contributed by atoms with Crippen LogP contribution in [0.1, 0.15) is 61.2 Å². The number of imide groups is 1. The third-order valence-corrected chi connectivity index (χ3v) is 4.73. The van der Waals surface area contributed by atoms with Crippen molar-refractivity contribution in [1.29, 1.82) is 0 Å². The molecule has 0 atom stereocenters. The average Bonchev–Trinajstić information content (AvgIpc) is 3.00. The van der Waals surface area contributed by atoms with E-state index < -0.39 is 30.3 Å². The molecule has 0 saturated carbocycles. The van der Waals surface area contributed by atoms with Gasteiger partial charge in [-0.3, -0.25) is 24.1 Å². The number of amides is 4. The fraction of sp³-hybridized carbons (Fsp3) is 0.227. The third-order valence-electron chi connectivity index (χ3n) is 4.73. The summed E-state index contributed by atoms with van der Waals surface area (Å²) in [6.45, 7) is 1.73. The van der Waals surface area contributed by atoms with Crippen molar-refractivity contribution < 1.29 is 28.7 Å². The number of rotatable bonds is 8. The second-order valence-electron chi connectivity index (χ2n) is 6.94. The zero-order valence-corrected chi connectivity index (χ0v) is 16.8. The van der Waals surface area contributed by atoms with E-state index in [1.165, 1.54) is 47.4 Å². The third kappa shape index (κ3) is 4.77. The Balaban J connectivity index is 1.60. The maximum Gasteiger partial charge on any atom is 0.338 e. The maximum atomic E-state index is 12.5. The first-order valence-corrected chi connectivity index (χ1v) is 9.69. The highest BCUT2D eigenvalue weighted by Crippen LogP contribution is 2.24. The Morgan fingerprint density at radius 2 is 1.61 bits per heavy atom. The molecule has 1 heterocycles. The largest absolute Gasteiger partial charge is 0.452 e. The number of anilines is 1. The highest BCUT2D eigenvalue weighted by atomic mass is 16.5. The summed E-state index contributed by atoms with van der Waals surface area (Å²) in [6, 6.07) is 10.0. The van der Waals surface area contributed by atoms with Crippen LogP contribution in [0.2, 0.25) is 0 Å². The van der Waals surface area contributed by atoms with Crippen LogP contribution < -0.4 is 11.1 Å². The van der Waals surface area contributed by atoms with Gasteiger partial charge in [-0.1, -0.05) is 13.3 Å². The van der Waals surface area contributed by atoms with Gasteiger partial charge in [0, 0.05) is 17.8 Å². The van der Waals surface area contributed by atoms with Crippen LogP contribution in [-0.2, 0) is 9.53 Å². The summed E-state index contributed by atoms with van der Waals surface area (Å²) >= 11 is 0. The van der Waals surface area contributed by atoms with Crippen LogP contribution in [-0.4, -0.2) is 47.6 Å². The van der Waals surface area contributed by atoms with E-state index >= 15 is 0 Å². The van der Waals surface area contributed by atoms with Crippen molar-refractivity contribution in [2.75, 3.05) is 18.5 Å². The molecule has 2 aromatic carbocycles. The molecule has 0 unspecified atom stereocenters. The minimum absolute atomic E-state index is 0.0656. The summed E-state index contributed by atoms with van der Waals surface area (Å²) in [5, 5.41) is 2.52. The number of carbonyl (C=O) groups is 5. The van der Waals surface area contributed by atoms with Gasteiger partial charge in [-0.2, -0.15) is 0 Å². The number of hydrogen-bond donors (Lipinski definition) is 2. The molecule has 4 amide bonds. The molecule has 0 bridgehead atoms. The molecule has 0 saturated heterocycles. The van der Waals surface area contributed by atoms with E-state index in [9.17, 15) is 24.0 Å². The van der Waals surface area contributed by atoms with Gasteiger partial charge in [-0.05, 0) is 48.9 Å². The Morgan fingerprint density at radius 1 is 0.968 bits per heavy atom. The standard InChI is InChI=1S/C22H21N3O6/c1-2-3-10-25-20(28)16-9-6-14(11-17(16)21(25)29)22(30)31-12-18(26)24-15-7-4-13(5-8-15)19(23)27/h4-9,11H,2-3,10,12H2,1H3,(H2,23,27)(H,24,26). The predicted octanol–water partition coefficient (Wildman–Crippen LogP) is 1.98. The molecule has 2 aromatic rings. The van der Waals surface area contributed by atoms with Gasteiger partial charge in [0.1, 0.15) is 0 Å². The van der Waals surface area contributed by atoms with E-state index in [0.717, 1.165) is 6.42 Å². The van der Waals surface area contributed by atoms with Crippen molar-refractivity contribution in [1.82, 2.24) is 4.90 Å². The molecule has 0 fully saturated rings. The molecule has 31 heavy (non-hydrogen) atoms. The van der Waals surface area contributed by atoms with Gasteiger partial charge in [-0.25, -0.2) is 4.79 Å². The molecule has 0 aromatic heterocycles. The number of esters is 1. The molecule has 1 aliphatic rings. The molecule has 3 rings (SSSR count). The Hall–Kier alpha value is -4.01. The summed E-state index contributed by atoms with van der Waals surface area (Å²) < 4.78 is 5.00. The van der Waals surface area contributed by atoms with Crippen LogP contribution in [0.15, 0.2) is 42.5 Å². The van der Waals surface area contributed by atoms with Gasteiger partial charge in [0.2, 0.25) is 5.91 Å². The van der Waals surface area contributed by atoms with Crippen LogP contribution in [0.3, 0.4) is 0 Å². The first-order valence-electron chi connectivity index (χ1n) is 9.69. The number of unbranched alkanes of at least 4 members (excludes halogenated alkanes) is 1. The zero-order chi connectivity index (χ0) is 22.5. The van der Waals surface area contributed by atoms with Crippen molar-refractivity contribution in [3.8, 4) is 0 Å². The lowest BCUT2D eigenvalue weighted by Gasteiger charge is -2.12. The van der Waals surface area contributed by atoms with Crippen LogP contribution >= 0.6 is 0 Å². The summed E-state index contributed by atoms with van der Waals surface area (Å²) in [7, 11) is 0. The van der Waals surface area contributed by atoms with Crippen LogP contribution in [0, 0.1) is 0 Å². The van der Waals surface area contributed by atoms with Gasteiger partial charge < -0.3 is 15.8 Å². The van der Waals surface area contributed by atoms with Crippen molar-refractivity contribution in [2.24, 2.45) is 5.73 Å². The zero-order valence-electron chi connectivity index (χ0n) is 16.8. The number of fused-ring (bicyclic) bond motifs is 1. The average molecular weight is 423 g/mol. The smallest absolute Gasteiger partial charge is 0.338 e.